The molecule has 0 saturated carbocycles. The molecule has 0 radical (unpaired) electrons. The molecule has 0 bridgehead atoms. The second-order valence-corrected chi connectivity index (χ2v) is 5.18. The monoisotopic (exact) mass is 302 g/mol. The number of nitrogens with zero attached hydrogens (tertiary/aromatic N) is 1. The highest BCUT2D eigenvalue weighted by molar-refractivity contribution is 7.09. The van der Waals surface area contributed by atoms with E-state index in [1.54, 1.807) is 0 Å². The summed E-state index contributed by atoms with van der Waals surface area (Å²) in [4.78, 5) is 4.20. The summed E-state index contributed by atoms with van der Waals surface area (Å²) in [5.41, 5.74) is -0.0100. The maximum absolute atomic E-state index is 13.0. The Morgan fingerprint density at radius 2 is 2.10 bits per heavy atom. The fourth-order valence-electron chi connectivity index (χ4n) is 1.71. The Hall–Kier alpha value is -1.76. The van der Waals surface area contributed by atoms with Gasteiger partial charge in [0.1, 0.15) is 5.75 Å². The van der Waals surface area contributed by atoms with Gasteiger partial charge in [0.05, 0.1) is 29.9 Å². The lowest BCUT2D eigenvalue weighted by Gasteiger charge is -2.15. The Labute approximate surface area is 118 Å². The third-order valence-corrected chi connectivity index (χ3v) is 3.48. The number of anilines is 1. The van der Waals surface area contributed by atoms with E-state index in [-0.39, 0.29) is 18.0 Å². The average Bonchev–Trinajstić information content (AvgIpc) is 2.81. The van der Waals surface area contributed by atoms with Crippen LogP contribution >= 0.6 is 11.3 Å². The number of ether oxygens (including phenoxy) is 1. The Bertz CT molecular complexity index is 596. The van der Waals surface area contributed by atoms with Crippen molar-refractivity contribution in [3.63, 3.8) is 0 Å². The van der Waals surface area contributed by atoms with E-state index < -0.39 is 11.7 Å². The zero-order valence-corrected chi connectivity index (χ0v) is 11.7. The third-order valence-electron chi connectivity index (χ3n) is 2.66. The Kier molecular flexibility index (Phi) is 4.17. The first-order chi connectivity index (χ1) is 9.40. The van der Waals surface area contributed by atoms with Crippen LogP contribution in [0.25, 0.3) is 0 Å². The van der Waals surface area contributed by atoms with E-state index in [9.17, 15) is 13.2 Å². The number of hydrogen-bond donors (Lipinski definition) is 1. The third kappa shape index (κ3) is 3.41. The van der Waals surface area contributed by atoms with E-state index >= 15 is 0 Å². The number of alkyl halides is 3. The van der Waals surface area contributed by atoms with Crippen LogP contribution in [0.1, 0.15) is 16.3 Å². The first-order valence-electron chi connectivity index (χ1n) is 5.80. The van der Waals surface area contributed by atoms with Crippen molar-refractivity contribution in [3.05, 3.63) is 39.8 Å². The highest BCUT2D eigenvalue weighted by Gasteiger charge is 2.34. The molecule has 7 heteroatoms. The van der Waals surface area contributed by atoms with Gasteiger partial charge in [0.2, 0.25) is 0 Å². The van der Waals surface area contributed by atoms with E-state index in [2.05, 4.69) is 10.3 Å². The lowest BCUT2D eigenvalue weighted by Crippen LogP contribution is -2.11. The molecule has 0 aliphatic carbocycles. The minimum atomic E-state index is -4.44. The topological polar surface area (TPSA) is 34.1 Å². The number of benzene rings is 1. The number of halogens is 3. The number of aromatic nitrogens is 1. The molecule has 0 fully saturated rings. The lowest BCUT2D eigenvalue weighted by atomic mass is 10.1. The average molecular weight is 302 g/mol. The van der Waals surface area contributed by atoms with Gasteiger partial charge in [-0.3, -0.25) is 0 Å². The minimum absolute atomic E-state index is 0.0175. The molecule has 20 heavy (non-hydrogen) atoms. The summed E-state index contributed by atoms with van der Waals surface area (Å²) in [6.45, 7) is 2.10. The van der Waals surface area contributed by atoms with Crippen molar-refractivity contribution in [1.82, 2.24) is 4.98 Å². The standard InChI is InChI=1S/C13H13F3N2OS/c1-8-18-9(7-20-8)6-17-12-4-3-10(19-2)5-11(12)13(14,15)16/h3-5,7,17H,6H2,1-2H3. The van der Waals surface area contributed by atoms with Gasteiger partial charge < -0.3 is 10.1 Å². The van der Waals surface area contributed by atoms with Gasteiger partial charge in [-0.15, -0.1) is 11.3 Å². The molecule has 0 aliphatic rings. The van der Waals surface area contributed by atoms with Crippen molar-refractivity contribution in [1.29, 1.82) is 0 Å². The van der Waals surface area contributed by atoms with Gasteiger partial charge in [-0.05, 0) is 25.1 Å². The van der Waals surface area contributed by atoms with E-state index in [1.165, 1.54) is 30.6 Å². The Balaban J connectivity index is 2.22. The van der Waals surface area contributed by atoms with Crippen LogP contribution in [-0.4, -0.2) is 12.1 Å². The Morgan fingerprint density at radius 3 is 2.65 bits per heavy atom. The minimum Gasteiger partial charge on any atom is -0.497 e. The predicted molar refractivity (Wildman–Crippen MR) is 72.2 cm³/mol. The number of aryl methyl sites for hydroxylation is 1. The van der Waals surface area contributed by atoms with Gasteiger partial charge in [0.15, 0.2) is 0 Å². The van der Waals surface area contributed by atoms with Crippen LogP contribution in [-0.2, 0) is 12.7 Å². The van der Waals surface area contributed by atoms with Crippen LogP contribution < -0.4 is 10.1 Å². The van der Waals surface area contributed by atoms with E-state index in [0.29, 0.717) is 0 Å². The molecular formula is C13H13F3N2OS. The van der Waals surface area contributed by atoms with Gasteiger partial charge in [-0.25, -0.2) is 4.98 Å². The van der Waals surface area contributed by atoms with Crippen LogP contribution in [0.5, 0.6) is 5.75 Å². The number of nitrogens with one attached hydrogen (secondary N) is 1. The predicted octanol–water partition coefficient (Wildman–Crippen LogP) is 4.09. The van der Waals surface area contributed by atoms with E-state index in [1.807, 2.05) is 12.3 Å². The van der Waals surface area contributed by atoms with E-state index in [4.69, 9.17) is 4.74 Å². The molecule has 0 amide bonds. The molecule has 1 aromatic heterocycles. The molecule has 0 saturated heterocycles. The lowest BCUT2D eigenvalue weighted by molar-refractivity contribution is -0.137. The van der Waals surface area contributed by atoms with Crippen molar-refractivity contribution >= 4 is 17.0 Å². The summed E-state index contributed by atoms with van der Waals surface area (Å²) < 4.78 is 43.8. The molecular weight excluding hydrogens is 289 g/mol. The number of hydrogen-bond acceptors (Lipinski definition) is 4. The fourth-order valence-corrected chi connectivity index (χ4v) is 2.33. The molecule has 0 unspecified atom stereocenters. The molecule has 1 N–H and O–H groups in total. The highest BCUT2D eigenvalue weighted by atomic mass is 32.1. The van der Waals surface area contributed by atoms with Gasteiger partial charge >= 0.3 is 6.18 Å². The Morgan fingerprint density at radius 1 is 1.35 bits per heavy atom. The van der Waals surface area contributed by atoms with Gasteiger partial charge in [-0.2, -0.15) is 13.2 Å². The largest absolute Gasteiger partial charge is 0.497 e. The smallest absolute Gasteiger partial charge is 0.418 e. The summed E-state index contributed by atoms with van der Waals surface area (Å²) >= 11 is 1.46. The fraction of sp³-hybridized carbons (Fsp3) is 0.308. The van der Waals surface area contributed by atoms with Gasteiger partial charge in [-0.1, -0.05) is 0 Å². The molecule has 1 aromatic carbocycles. The highest BCUT2D eigenvalue weighted by Crippen LogP contribution is 2.37. The summed E-state index contributed by atoms with van der Waals surface area (Å²) in [7, 11) is 1.33. The molecule has 2 rings (SSSR count). The molecule has 0 spiro atoms. The molecule has 0 atom stereocenters. The zero-order chi connectivity index (χ0) is 14.8. The van der Waals surface area contributed by atoms with Crippen molar-refractivity contribution in [2.75, 3.05) is 12.4 Å². The summed E-state index contributed by atoms with van der Waals surface area (Å²) in [5.74, 6) is 0.173. The maximum Gasteiger partial charge on any atom is 0.418 e. The SMILES string of the molecule is COc1ccc(NCc2csc(C)n2)c(C(F)(F)F)c1. The van der Waals surface area contributed by atoms with Gasteiger partial charge in [0, 0.05) is 11.1 Å². The van der Waals surface area contributed by atoms with Crippen molar-refractivity contribution in [2.45, 2.75) is 19.6 Å². The quantitative estimate of drug-likeness (QED) is 0.923. The van der Waals surface area contributed by atoms with E-state index in [0.717, 1.165) is 16.8 Å². The zero-order valence-electron chi connectivity index (χ0n) is 10.9. The van der Waals surface area contributed by atoms with Crippen molar-refractivity contribution in [2.24, 2.45) is 0 Å². The first kappa shape index (κ1) is 14.6. The van der Waals surface area contributed by atoms with Crippen LogP contribution in [0.15, 0.2) is 23.6 Å². The molecule has 2 aromatic rings. The van der Waals surface area contributed by atoms with Crippen molar-refractivity contribution < 1.29 is 17.9 Å². The molecule has 108 valence electrons. The normalized spacial score (nSPS) is 11.4. The number of rotatable bonds is 4. The first-order valence-corrected chi connectivity index (χ1v) is 6.68. The molecule has 3 nitrogen and oxygen atoms in total. The van der Waals surface area contributed by atoms with Crippen LogP contribution in [0, 0.1) is 6.92 Å². The molecule has 1 heterocycles. The van der Waals surface area contributed by atoms with Crippen LogP contribution in [0.2, 0.25) is 0 Å². The second-order valence-electron chi connectivity index (χ2n) is 4.12. The van der Waals surface area contributed by atoms with Crippen LogP contribution in [0.3, 0.4) is 0 Å². The summed E-state index contributed by atoms with van der Waals surface area (Å²) in [5, 5.41) is 5.47. The molecule has 0 aliphatic heterocycles. The van der Waals surface area contributed by atoms with Crippen LogP contribution in [0.4, 0.5) is 18.9 Å². The number of thiazole rings is 1. The number of methoxy groups -OCH3 is 1. The van der Waals surface area contributed by atoms with Crippen molar-refractivity contribution in [3.8, 4) is 5.75 Å². The summed E-state index contributed by atoms with van der Waals surface area (Å²) in [6.07, 6.45) is -4.44. The maximum atomic E-state index is 13.0. The summed E-state index contributed by atoms with van der Waals surface area (Å²) in [6, 6.07) is 3.83. The van der Waals surface area contributed by atoms with Gasteiger partial charge in [0.25, 0.3) is 0 Å². The second kappa shape index (κ2) is 5.70.